The Hall–Kier alpha value is -1.68. The zero-order valence-corrected chi connectivity index (χ0v) is 21.4. The maximum absolute atomic E-state index is 13.0. The van der Waals surface area contributed by atoms with Crippen molar-refractivity contribution in [1.82, 2.24) is 19.4 Å². The average molecular weight is 481 g/mol. The largest absolute Gasteiger partial charge is 0.379 e. The summed E-state index contributed by atoms with van der Waals surface area (Å²) in [5, 5.41) is 3.13. The van der Waals surface area contributed by atoms with Gasteiger partial charge in [-0.15, -0.1) is 0 Å². The number of urea groups is 1. The Morgan fingerprint density at radius 3 is 2.21 bits per heavy atom. The fourth-order valence-electron chi connectivity index (χ4n) is 4.79. The third-order valence-corrected chi connectivity index (χ3v) is 9.11. The van der Waals surface area contributed by atoms with E-state index in [1.165, 1.54) is 4.31 Å². The summed E-state index contributed by atoms with van der Waals surface area (Å²) in [6.45, 7) is 13.6. The number of rotatable bonds is 8. The second-order valence-corrected chi connectivity index (χ2v) is 11.1. The normalized spacial score (nSPS) is 19.6. The van der Waals surface area contributed by atoms with Gasteiger partial charge >= 0.3 is 6.03 Å². The molecular weight excluding hydrogens is 440 g/mol. The molecule has 0 aliphatic carbocycles. The number of carbonyl (C=O) groups excluding carboxylic acids is 1. The van der Waals surface area contributed by atoms with Crippen LogP contribution in [0.15, 0.2) is 23.1 Å². The molecule has 0 spiro atoms. The highest BCUT2D eigenvalue weighted by molar-refractivity contribution is 7.89. The van der Waals surface area contributed by atoms with E-state index < -0.39 is 10.0 Å². The molecular formula is C24H40N4O4S. The standard InChI is InChI=1S/C24H40N4O4S/c1-5-21(6-2)23(26-13-15-32-16-14-26)18-25-24(29)27-9-11-28(12-10-27)33(30,31)22-8-7-19(3)20(4)17-22/h7-8,17,21,23H,5-6,9-16,18H2,1-4H3,(H,25,29). The van der Waals surface area contributed by atoms with Crippen LogP contribution in [-0.4, -0.2) is 93.6 Å². The number of sulfonamides is 1. The minimum atomic E-state index is -3.55. The molecule has 8 nitrogen and oxygen atoms in total. The minimum absolute atomic E-state index is 0.109. The molecule has 2 aliphatic heterocycles. The van der Waals surface area contributed by atoms with E-state index in [0.29, 0.717) is 49.6 Å². The van der Waals surface area contributed by atoms with Gasteiger partial charge in [-0.2, -0.15) is 4.31 Å². The number of piperazine rings is 1. The highest BCUT2D eigenvalue weighted by Crippen LogP contribution is 2.22. The van der Waals surface area contributed by atoms with E-state index in [1.807, 2.05) is 19.9 Å². The second-order valence-electron chi connectivity index (χ2n) is 9.12. The zero-order valence-electron chi connectivity index (χ0n) is 20.5. The second kappa shape index (κ2) is 11.6. The number of nitrogens with one attached hydrogen (secondary N) is 1. The summed E-state index contributed by atoms with van der Waals surface area (Å²) in [6.07, 6.45) is 2.15. The van der Waals surface area contributed by atoms with Crippen LogP contribution in [0.4, 0.5) is 4.79 Å². The number of hydrogen-bond donors (Lipinski definition) is 1. The fourth-order valence-corrected chi connectivity index (χ4v) is 6.30. The highest BCUT2D eigenvalue weighted by atomic mass is 32.2. The third-order valence-electron chi connectivity index (χ3n) is 7.21. The maximum Gasteiger partial charge on any atom is 0.317 e. The first-order valence-electron chi connectivity index (χ1n) is 12.2. The van der Waals surface area contributed by atoms with Gasteiger partial charge in [-0.1, -0.05) is 32.8 Å². The summed E-state index contributed by atoms with van der Waals surface area (Å²) in [7, 11) is -3.55. The Bertz CT molecular complexity index is 890. The van der Waals surface area contributed by atoms with Crippen LogP contribution >= 0.6 is 0 Å². The number of benzene rings is 1. The lowest BCUT2D eigenvalue weighted by molar-refractivity contribution is 0.00205. The van der Waals surface area contributed by atoms with Crippen LogP contribution in [0.5, 0.6) is 0 Å². The molecule has 2 aliphatic rings. The smallest absolute Gasteiger partial charge is 0.317 e. The molecule has 2 heterocycles. The first-order chi connectivity index (χ1) is 15.8. The average Bonchev–Trinajstić information content (AvgIpc) is 2.83. The molecule has 33 heavy (non-hydrogen) atoms. The van der Waals surface area contributed by atoms with Crippen LogP contribution in [0.25, 0.3) is 0 Å². The summed E-state index contributed by atoms with van der Waals surface area (Å²) in [4.78, 5) is 17.4. The summed E-state index contributed by atoms with van der Waals surface area (Å²) in [5.74, 6) is 0.517. The number of ether oxygens (including phenoxy) is 1. The summed E-state index contributed by atoms with van der Waals surface area (Å²) >= 11 is 0. The van der Waals surface area contributed by atoms with Gasteiger partial charge in [0.1, 0.15) is 0 Å². The first kappa shape index (κ1) is 25.9. The summed E-state index contributed by atoms with van der Waals surface area (Å²) in [5.41, 5.74) is 2.03. The van der Waals surface area contributed by atoms with Crippen molar-refractivity contribution in [2.45, 2.75) is 51.5 Å². The van der Waals surface area contributed by atoms with E-state index in [4.69, 9.17) is 4.74 Å². The Morgan fingerprint density at radius 1 is 1.00 bits per heavy atom. The molecule has 0 radical (unpaired) electrons. The molecule has 0 bridgehead atoms. The predicted molar refractivity (Wildman–Crippen MR) is 130 cm³/mol. The minimum Gasteiger partial charge on any atom is -0.379 e. The number of carbonyl (C=O) groups is 1. The molecule has 1 aromatic rings. The Morgan fingerprint density at radius 2 is 1.64 bits per heavy atom. The topological polar surface area (TPSA) is 82.2 Å². The number of nitrogens with zero attached hydrogens (tertiary/aromatic N) is 3. The van der Waals surface area contributed by atoms with E-state index in [0.717, 1.165) is 50.3 Å². The molecule has 9 heteroatoms. The Balaban J connectivity index is 1.56. The van der Waals surface area contributed by atoms with Crippen molar-refractivity contribution in [3.63, 3.8) is 0 Å². The lowest BCUT2D eigenvalue weighted by atomic mass is 9.92. The van der Waals surface area contributed by atoms with Crippen LogP contribution in [-0.2, 0) is 14.8 Å². The number of aryl methyl sites for hydroxylation is 2. The van der Waals surface area contributed by atoms with Crippen molar-refractivity contribution < 1.29 is 17.9 Å². The molecule has 2 fully saturated rings. The highest BCUT2D eigenvalue weighted by Gasteiger charge is 2.32. The monoisotopic (exact) mass is 480 g/mol. The van der Waals surface area contributed by atoms with E-state index in [9.17, 15) is 13.2 Å². The molecule has 3 rings (SSSR count). The summed E-state index contributed by atoms with van der Waals surface area (Å²) < 4.78 is 33.1. The lowest BCUT2D eigenvalue weighted by Crippen LogP contribution is -2.56. The van der Waals surface area contributed by atoms with Crippen LogP contribution in [0.3, 0.4) is 0 Å². The van der Waals surface area contributed by atoms with Gasteiger partial charge in [0, 0.05) is 51.9 Å². The van der Waals surface area contributed by atoms with Crippen LogP contribution < -0.4 is 5.32 Å². The molecule has 186 valence electrons. The molecule has 1 atom stereocenters. The van der Waals surface area contributed by atoms with Crippen LogP contribution in [0, 0.1) is 19.8 Å². The van der Waals surface area contributed by atoms with E-state index in [1.54, 1.807) is 17.0 Å². The van der Waals surface area contributed by atoms with Gasteiger partial charge in [0.2, 0.25) is 10.0 Å². The summed E-state index contributed by atoms with van der Waals surface area (Å²) in [6, 6.07) is 5.42. The SMILES string of the molecule is CCC(CC)C(CNC(=O)N1CCN(S(=O)(=O)c2ccc(C)c(C)c2)CC1)N1CCOCC1. The van der Waals surface area contributed by atoms with E-state index in [-0.39, 0.29) is 6.03 Å². The Kier molecular flexibility index (Phi) is 9.15. The van der Waals surface area contributed by atoms with Gasteiger partial charge in [-0.05, 0) is 43.0 Å². The van der Waals surface area contributed by atoms with Gasteiger partial charge in [0.05, 0.1) is 18.1 Å². The fraction of sp³-hybridized carbons (Fsp3) is 0.708. The van der Waals surface area contributed by atoms with Crippen molar-refractivity contribution in [2.75, 3.05) is 59.0 Å². The van der Waals surface area contributed by atoms with Crippen molar-refractivity contribution in [3.05, 3.63) is 29.3 Å². The van der Waals surface area contributed by atoms with Crippen molar-refractivity contribution in [3.8, 4) is 0 Å². The third kappa shape index (κ3) is 6.26. The molecule has 0 saturated carbocycles. The van der Waals surface area contributed by atoms with Crippen molar-refractivity contribution in [1.29, 1.82) is 0 Å². The molecule has 1 unspecified atom stereocenters. The van der Waals surface area contributed by atoms with E-state index >= 15 is 0 Å². The van der Waals surface area contributed by atoms with Crippen molar-refractivity contribution >= 4 is 16.1 Å². The first-order valence-corrected chi connectivity index (χ1v) is 13.6. The van der Waals surface area contributed by atoms with Gasteiger partial charge in [0.15, 0.2) is 0 Å². The number of hydrogen-bond acceptors (Lipinski definition) is 5. The predicted octanol–water partition coefficient (Wildman–Crippen LogP) is 2.46. The Labute approximate surface area is 199 Å². The molecule has 0 aromatic heterocycles. The molecule has 1 aromatic carbocycles. The molecule has 2 saturated heterocycles. The lowest BCUT2D eigenvalue weighted by Gasteiger charge is -2.39. The van der Waals surface area contributed by atoms with Crippen LogP contribution in [0.1, 0.15) is 37.8 Å². The van der Waals surface area contributed by atoms with Crippen LogP contribution in [0.2, 0.25) is 0 Å². The van der Waals surface area contributed by atoms with Gasteiger partial charge in [-0.25, -0.2) is 13.2 Å². The number of morpholine rings is 1. The number of amides is 2. The molecule has 2 amide bonds. The van der Waals surface area contributed by atoms with Gasteiger partial charge < -0.3 is 15.0 Å². The zero-order chi connectivity index (χ0) is 24.0. The van der Waals surface area contributed by atoms with Gasteiger partial charge in [-0.3, -0.25) is 4.90 Å². The van der Waals surface area contributed by atoms with Gasteiger partial charge in [0.25, 0.3) is 0 Å². The maximum atomic E-state index is 13.0. The quantitative estimate of drug-likeness (QED) is 0.618. The molecule has 1 N–H and O–H groups in total. The van der Waals surface area contributed by atoms with E-state index in [2.05, 4.69) is 24.1 Å². The van der Waals surface area contributed by atoms with Crippen molar-refractivity contribution in [2.24, 2.45) is 5.92 Å².